The Morgan fingerprint density at radius 2 is 1.52 bits per heavy atom. The van der Waals surface area contributed by atoms with Crippen LogP contribution in [0.3, 0.4) is 0 Å². The first-order valence-corrected chi connectivity index (χ1v) is 14.2. The average Bonchev–Trinajstić information content (AvgIpc) is 2.96. The molecule has 3 rings (SSSR count). The number of hydrogen-bond acceptors (Lipinski definition) is 6. The molecule has 0 aromatic heterocycles. The Morgan fingerprint density at radius 1 is 0.909 bits per heavy atom. The minimum Gasteiger partial charge on any atom is -0.489 e. The van der Waals surface area contributed by atoms with Gasteiger partial charge in [0.1, 0.15) is 18.9 Å². The van der Waals surface area contributed by atoms with Crippen LogP contribution in [0.1, 0.15) is 22.3 Å². The number of halogens is 5. The van der Waals surface area contributed by atoms with Gasteiger partial charge in [0.2, 0.25) is 0 Å². The zero-order valence-corrected chi connectivity index (χ0v) is 24.8. The summed E-state index contributed by atoms with van der Waals surface area (Å²) >= 11 is 1.34. The van der Waals surface area contributed by atoms with Crippen molar-refractivity contribution in [1.29, 1.82) is 0 Å². The first-order chi connectivity index (χ1) is 20.6. The predicted molar refractivity (Wildman–Crippen MR) is 155 cm³/mol. The van der Waals surface area contributed by atoms with Crippen molar-refractivity contribution in [2.45, 2.75) is 24.1 Å². The third-order valence-corrected chi connectivity index (χ3v) is 6.65. The molecular weight excluding hydrogens is 611 g/mol. The molecule has 44 heavy (non-hydrogen) atoms. The van der Waals surface area contributed by atoms with E-state index in [1.165, 1.54) is 28.8 Å². The van der Waals surface area contributed by atoms with Crippen LogP contribution >= 0.6 is 11.8 Å². The lowest BCUT2D eigenvalue weighted by molar-refractivity contribution is -0.192. The van der Waals surface area contributed by atoms with Gasteiger partial charge in [0.25, 0.3) is 5.91 Å². The fourth-order valence-corrected chi connectivity index (χ4v) is 4.41. The van der Waals surface area contributed by atoms with Crippen molar-refractivity contribution >= 4 is 29.6 Å². The van der Waals surface area contributed by atoms with Gasteiger partial charge in [-0.25, -0.2) is 13.6 Å². The number of nitrogens with zero attached hydrogens (tertiary/aromatic N) is 2. The molecule has 0 fully saturated rings. The van der Waals surface area contributed by atoms with Gasteiger partial charge in [0, 0.05) is 17.0 Å². The second-order valence-corrected chi connectivity index (χ2v) is 10.4. The maximum atomic E-state index is 13.8. The number of ether oxygens (including phenoxy) is 1. The van der Waals surface area contributed by atoms with Crippen LogP contribution in [-0.2, 0) is 16.2 Å². The number of carboxylic acid groups (broad SMARTS) is 2. The average molecular weight is 643 g/mol. The number of alkyl halides is 3. The lowest BCUT2D eigenvalue weighted by Crippen LogP contribution is -2.37. The molecule has 0 aliphatic rings. The summed E-state index contributed by atoms with van der Waals surface area (Å²) < 4.78 is 65.0. The Morgan fingerprint density at radius 3 is 2.07 bits per heavy atom. The van der Waals surface area contributed by atoms with Crippen LogP contribution < -0.4 is 4.74 Å². The smallest absolute Gasteiger partial charge is 0.489 e. The Labute approximate surface area is 255 Å². The fraction of sp³-hybridized carbons (Fsp3) is 0.300. The van der Waals surface area contributed by atoms with Crippen molar-refractivity contribution in [3.05, 3.63) is 83.4 Å². The first kappa shape index (κ1) is 36.0. The summed E-state index contributed by atoms with van der Waals surface area (Å²) in [5, 5.41) is 16.4. The molecule has 3 aromatic rings. The third-order valence-electron chi connectivity index (χ3n) is 5.88. The first-order valence-electron chi connectivity index (χ1n) is 12.9. The summed E-state index contributed by atoms with van der Waals surface area (Å²) in [6.07, 6.45) is -2.62. The highest BCUT2D eigenvalue weighted by Gasteiger charge is 2.38. The van der Waals surface area contributed by atoms with Gasteiger partial charge in [0.15, 0.2) is 11.6 Å². The predicted octanol–water partition coefficient (Wildman–Crippen LogP) is 6.04. The molecule has 14 heteroatoms. The van der Waals surface area contributed by atoms with E-state index in [-0.39, 0.29) is 19.1 Å². The van der Waals surface area contributed by atoms with Gasteiger partial charge in [-0.05, 0) is 86.4 Å². The van der Waals surface area contributed by atoms with Crippen molar-refractivity contribution in [2.24, 2.45) is 0 Å². The minimum atomic E-state index is -5.08. The summed E-state index contributed by atoms with van der Waals surface area (Å²) in [4.78, 5) is 37.1. The van der Waals surface area contributed by atoms with E-state index in [1.54, 1.807) is 48.7 Å². The summed E-state index contributed by atoms with van der Waals surface area (Å²) in [5.41, 5.74) is 2.48. The second kappa shape index (κ2) is 16.6. The number of carbonyl (C=O) groups is 3. The molecule has 0 saturated heterocycles. The number of thioether (sulfide) groups is 1. The fourth-order valence-electron chi connectivity index (χ4n) is 3.79. The van der Waals surface area contributed by atoms with E-state index in [9.17, 15) is 36.6 Å². The molecule has 0 spiro atoms. The largest absolute Gasteiger partial charge is 0.490 e. The number of carboxylic acids is 2. The number of aliphatic carboxylic acids is 2. The van der Waals surface area contributed by atoms with E-state index < -0.39 is 29.7 Å². The lowest BCUT2D eigenvalue weighted by atomic mass is 10.1. The van der Waals surface area contributed by atoms with E-state index in [4.69, 9.17) is 14.6 Å². The molecule has 0 atom stereocenters. The van der Waals surface area contributed by atoms with Crippen molar-refractivity contribution in [2.75, 3.05) is 40.0 Å². The Hall–Kier alpha value is -4.17. The second-order valence-electron chi connectivity index (χ2n) is 9.56. The molecule has 0 unspecified atom stereocenters. The molecule has 3 aromatic carbocycles. The van der Waals surface area contributed by atoms with Crippen LogP contribution in [0.5, 0.6) is 5.75 Å². The van der Waals surface area contributed by atoms with Gasteiger partial charge in [0.05, 0.1) is 0 Å². The number of rotatable bonds is 12. The highest BCUT2D eigenvalue weighted by atomic mass is 32.2. The number of hydrogen-bond donors (Lipinski definition) is 2. The van der Waals surface area contributed by atoms with E-state index in [0.717, 1.165) is 17.7 Å². The molecule has 1 amide bonds. The summed E-state index contributed by atoms with van der Waals surface area (Å²) in [6.45, 7) is 0.911. The standard InChI is InChI=1S/C28H30F2N2O4S.C2HF3O2/c1-31(2)12-5-13-32(17-27(33)34)28(35)21-7-4-6-19(14-21)18-36-22-10-8-20(9-11-22)23-15-24(29)25(30)16-26(23)37-3;3-2(4,5)1(6)7/h4,6-11,14-16H,5,12-13,17-18H2,1-3H3,(H,33,34);(H,6,7). The van der Waals surface area contributed by atoms with Crippen LogP contribution in [0.4, 0.5) is 22.0 Å². The van der Waals surface area contributed by atoms with Crippen LogP contribution in [0.2, 0.25) is 0 Å². The maximum Gasteiger partial charge on any atom is 0.490 e. The van der Waals surface area contributed by atoms with Crippen molar-refractivity contribution < 1.29 is 51.3 Å². The van der Waals surface area contributed by atoms with E-state index >= 15 is 0 Å². The van der Waals surface area contributed by atoms with Gasteiger partial charge in [-0.3, -0.25) is 9.59 Å². The summed E-state index contributed by atoms with van der Waals surface area (Å²) in [7, 11) is 3.84. The molecule has 0 bridgehead atoms. The van der Waals surface area contributed by atoms with E-state index in [2.05, 4.69) is 0 Å². The number of amides is 1. The number of benzene rings is 3. The van der Waals surface area contributed by atoms with Gasteiger partial charge in [-0.1, -0.05) is 24.3 Å². The van der Waals surface area contributed by atoms with Gasteiger partial charge in [-0.15, -0.1) is 11.8 Å². The molecule has 0 saturated carbocycles. The highest BCUT2D eigenvalue weighted by molar-refractivity contribution is 7.98. The van der Waals surface area contributed by atoms with Crippen LogP contribution in [0, 0.1) is 11.6 Å². The van der Waals surface area contributed by atoms with Gasteiger partial charge < -0.3 is 24.7 Å². The van der Waals surface area contributed by atoms with Crippen LogP contribution in [0.15, 0.2) is 65.6 Å². The molecule has 0 aliphatic carbocycles. The van der Waals surface area contributed by atoms with Gasteiger partial charge in [-0.2, -0.15) is 13.2 Å². The third kappa shape index (κ3) is 11.5. The zero-order chi connectivity index (χ0) is 33.0. The minimum absolute atomic E-state index is 0.196. The van der Waals surface area contributed by atoms with Crippen LogP contribution in [0.25, 0.3) is 11.1 Å². The monoisotopic (exact) mass is 642 g/mol. The molecule has 0 radical (unpaired) electrons. The normalized spacial score (nSPS) is 11.0. The lowest BCUT2D eigenvalue weighted by Gasteiger charge is -2.22. The summed E-state index contributed by atoms with van der Waals surface area (Å²) in [5.74, 6) is -5.37. The number of carbonyl (C=O) groups excluding carboxylic acids is 1. The van der Waals surface area contributed by atoms with Crippen molar-refractivity contribution in [3.8, 4) is 16.9 Å². The Balaban J connectivity index is 0.000000860. The highest BCUT2D eigenvalue weighted by Crippen LogP contribution is 2.33. The Kier molecular flexibility index (Phi) is 13.6. The van der Waals surface area contributed by atoms with Crippen molar-refractivity contribution in [1.82, 2.24) is 9.80 Å². The zero-order valence-electron chi connectivity index (χ0n) is 24.0. The van der Waals surface area contributed by atoms with E-state index in [1.807, 2.05) is 25.1 Å². The molecule has 0 heterocycles. The van der Waals surface area contributed by atoms with Crippen molar-refractivity contribution in [3.63, 3.8) is 0 Å². The van der Waals surface area contributed by atoms with E-state index in [0.29, 0.717) is 34.7 Å². The Bertz CT molecular complexity index is 1430. The molecular formula is C30H31F5N2O6S. The topological polar surface area (TPSA) is 107 Å². The quantitative estimate of drug-likeness (QED) is 0.182. The summed E-state index contributed by atoms with van der Waals surface area (Å²) in [6, 6.07) is 16.3. The molecule has 8 nitrogen and oxygen atoms in total. The van der Waals surface area contributed by atoms with Gasteiger partial charge >= 0.3 is 18.1 Å². The molecule has 238 valence electrons. The van der Waals surface area contributed by atoms with Crippen LogP contribution in [-0.4, -0.2) is 84.0 Å². The molecule has 0 aliphatic heterocycles. The maximum absolute atomic E-state index is 13.8. The SMILES string of the molecule is CSc1cc(F)c(F)cc1-c1ccc(OCc2cccc(C(=O)N(CCCN(C)C)CC(=O)O)c2)cc1.O=C(O)C(F)(F)F. The molecule has 2 N–H and O–H groups in total.